The molecule has 0 spiro atoms. The zero-order valence-electron chi connectivity index (χ0n) is 12.2. The molecule has 2 aromatic carbocycles. The lowest BCUT2D eigenvalue weighted by atomic mass is 9.80. The van der Waals surface area contributed by atoms with Gasteiger partial charge < -0.3 is 10.0 Å². The zero-order chi connectivity index (χ0) is 13.9. The summed E-state index contributed by atoms with van der Waals surface area (Å²) in [4.78, 5) is 2.61. The second kappa shape index (κ2) is 3.91. The molecule has 2 nitrogen and oxygen atoms in total. The molecule has 2 heterocycles. The van der Waals surface area contributed by atoms with Gasteiger partial charge in [-0.25, -0.2) is 0 Å². The van der Waals surface area contributed by atoms with Gasteiger partial charge in [0.1, 0.15) is 5.75 Å². The predicted molar refractivity (Wildman–Crippen MR) is 83.7 cm³/mol. The summed E-state index contributed by atoms with van der Waals surface area (Å²) in [5, 5.41) is 12.4. The van der Waals surface area contributed by atoms with E-state index in [-0.39, 0.29) is 5.54 Å². The molecular formula is C18H21NO. The number of hydrogen-bond donors (Lipinski definition) is 1. The van der Waals surface area contributed by atoms with Crippen molar-refractivity contribution in [1.82, 2.24) is 0 Å². The van der Waals surface area contributed by atoms with Crippen molar-refractivity contribution in [2.75, 3.05) is 11.4 Å². The molecule has 2 aromatic rings. The van der Waals surface area contributed by atoms with Gasteiger partial charge in [-0.2, -0.15) is 0 Å². The van der Waals surface area contributed by atoms with Crippen LogP contribution in [0.2, 0.25) is 0 Å². The summed E-state index contributed by atoms with van der Waals surface area (Å²) in [6.07, 6.45) is 4.66. The van der Waals surface area contributed by atoms with E-state index in [4.69, 9.17) is 0 Å². The lowest BCUT2D eigenvalue weighted by Crippen LogP contribution is -2.50. The van der Waals surface area contributed by atoms with E-state index in [1.807, 2.05) is 6.07 Å². The van der Waals surface area contributed by atoms with Crippen molar-refractivity contribution in [3.8, 4) is 5.75 Å². The molecule has 2 aliphatic rings. The van der Waals surface area contributed by atoms with E-state index < -0.39 is 0 Å². The number of aromatic hydroxyl groups is 1. The van der Waals surface area contributed by atoms with E-state index in [1.54, 1.807) is 6.07 Å². The Balaban J connectivity index is 2.08. The van der Waals surface area contributed by atoms with Gasteiger partial charge >= 0.3 is 0 Å². The molecule has 0 radical (unpaired) electrons. The van der Waals surface area contributed by atoms with Crippen molar-refractivity contribution >= 4 is 16.5 Å². The van der Waals surface area contributed by atoms with Gasteiger partial charge in [-0.05, 0) is 68.2 Å². The first kappa shape index (κ1) is 12.1. The van der Waals surface area contributed by atoms with Crippen molar-refractivity contribution < 1.29 is 5.11 Å². The highest BCUT2D eigenvalue weighted by Crippen LogP contribution is 2.46. The molecule has 20 heavy (non-hydrogen) atoms. The van der Waals surface area contributed by atoms with Crippen LogP contribution in [0, 0.1) is 0 Å². The average Bonchev–Trinajstić information content (AvgIpc) is 2.43. The number of rotatable bonds is 0. The third-order valence-electron chi connectivity index (χ3n) is 5.13. The molecule has 0 saturated carbocycles. The maximum atomic E-state index is 10.2. The molecule has 0 atom stereocenters. The smallest absolute Gasteiger partial charge is 0.123 e. The van der Waals surface area contributed by atoms with Crippen LogP contribution in [-0.4, -0.2) is 17.2 Å². The van der Waals surface area contributed by atoms with Gasteiger partial charge in [-0.15, -0.1) is 0 Å². The Bertz CT molecular complexity index is 702. The summed E-state index contributed by atoms with van der Waals surface area (Å²) >= 11 is 0. The number of anilines is 1. The predicted octanol–water partition coefficient (Wildman–Crippen LogP) is 4.02. The van der Waals surface area contributed by atoms with Crippen LogP contribution in [0.5, 0.6) is 5.75 Å². The molecule has 104 valence electrons. The van der Waals surface area contributed by atoms with Crippen LogP contribution in [0.3, 0.4) is 0 Å². The number of nitrogens with zero attached hydrogens (tertiary/aromatic N) is 1. The maximum absolute atomic E-state index is 10.2. The Kier molecular flexibility index (Phi) is 2.36. The number of aryl methyl sites for hydroxylation is 2. The molecule has 0 aliphatic carbocycles. The van der Waals surface area contributed by atoms with Crippen LogP contribution in [-0.2, 0) is 12.8 Å². The van der Waals surface area contributed by atoms with Crippen LogP contribution in [0.1, 0.15) is 37.8 Å². The minimum atomic E-state index is 0.257. The molecule has 0 fully saturated rings. The second-order valence-corrected chi connectivity index (χ2v) is 6.80. The normalized spacial score (nSPS) is 20.0. The van der Waals surface area contributed by atoms with Crippen LogP contribution in [0.25, 0.3) is 10.8 Å². The first-order valence-corrected chi connectivity index (χ1v) is 7.62. The van der Waals surface area contributed by atoms with Gasteiger partial charge in [0, 0.05) is 23.2 Å². The topological polar surface area (TPSA) is 23.5 Å². The minimum absolute atomic E-state index is 0.257. The van der Waals surface area contributed by atoms with Crippen LogP contribution >= 0.6 is 0 Å². The molecule has 4 rings (SSSR count). The number of benzene rings is 2. The summed E-state index contributed by atoms with van der Waals surface area (Å²) < 4.78 is 0. The average molecular weight is 267 g/mol. The van der Waals surface area contributed by atoms with Crippen molar-refractivity contribution in [2.24, 2.45) is 0 Å². The van der Waals surface area contributed by atoms with Gasteiger partial charge in [0.25, 0.3) is 0 Å². The lowest BCUT2D eigenvalue weighted by molar-refractivity contribution is 0.397. The molecule has 0 saturated heterocycles. The van der Waals surface area contributed by atoms with E-state index in [1.165, 1.54) is 35.0 Å². The molecular weight excluding hydrogens is 246 g/mol. The van der Waals surface area contributed by atoms with Gasteiger partial charge in [0.15, 0.2) is 0 Å². The van der Waals surface area contributed by atoms with Crippen LogP contribution in [0.4, 0.5) is 5.69 Å². The van der Waals surface area contributed by atoms with Crippen molar-refractivity contribution in [1.29, 1.82) is 0 Å². The Morgan fingerprint density at radius 3 is 2.85 bits per heavy atom. The molecule has 0 aromatic heterocycles. The number of phenols is 1. The fourth-order valence-corrected chi connectivity index (χ4v) is 4.02. The summed E-state index contributed by atoms with van der Waals surface area (Å²) in [7, 11) is 0. The summed E-state index contributed by atoms with van der Waals surface area (Å²) in [5.41, 5.74) is 4.60. The fourth-order valence-electron chi connectivity index (χ4n) is 4.02. The molecule has 2 heteroatoms. The van der Waals surface area contributed by atoms with Crippen molar-refractivity contribution in [3.05, 3.63) is 35.4 Å². The molecule has 0 unspecified atom stereocenters. The van der Waals surface area contributed by atoms with Gasteiger partial charge in [0.05, 0.1) is 0 Å². The maximum Gasteiger partial charge on any atom is 0.123 e. The van der Waals surface area contributed by atoms with Crippen molar-refractivity contribution in [2.45, 2.75) is 45.1 Å². The quantitative estimate of drug-likeness (QED) is 0.779. The van der Waals surface area contributed by atoms with Crippen molar-refractivity contribution in [3.63, 3.8) is 0 Å². The SMILES string of the molecule is CC1(C)CCc2c3c(cc4c(O)cccc24)CCCN31. The van der Waals surface area contributed by atoms with E-state index in [0.717, 1.165) is 24.8 Å². The lowest BCUT2D eigenvalue weighted by Gasteiger charge is -2.48. The number of hydrogen-bond acceptors (Lipinski definition) is 2. The minimum Gasteiger partial charge on any atom is -0.507 e. The van der Waals surface area contributed by atoms with E-state index >= 15 is 0 Å². The number of fused-ring (bicyclic) bond motifs is 2. The Morgan fingerprint density at radius 1 is 1.15 bits per heavy atom. The summed E-state index contributed by atoms with van der Waals surface area (Å²) in [6, 6.07) is 8.15. The first-order valence-electron chi connectivity index (χ1n) is 7.62. The highest BCUT2D eigenvalue weighted by Gasteiger charge is 2.36. The molecule has 1 N–H and O–H groups in total. The molecule has 0 bridgehead atoms. The van der Waals surface area contributed by atoms with E-state index in [2.05, 4.69) is 30.9 Å². The highest BCUT2D eigenvalue weighted by molar-refractivity contribution is 5.96. The Hall–Kier alpha value is -1.70. The van der Waals surface area contributed by atoms with E-state index in [9.17, 15) is 5.11 Å². The Labute approximate surface area is 120 Å². The fraction of sp³-hybridized carbons (Fsp3) is 0.444. The standard InChI is InChI=1S/C18H21NO/c1-18(2)9-8-14-13-6-3-7-16(20)15(13)11-12-5-4-10-19(18)17(12)14/h3,6-7,11,20H,4-5,8-10H2,1-2H3. The van der Waals surface area contributed by atoms with Gasteiger partial charge in [-0.3, -0.25) is 0 Å². The van der Waals surface area contributed by atoms with Crippen LogP contribution in [0.15, 0.2) is 24.3 Å². The highest BCUT2D eigenvalue weighted by atomic mass is 16.3. The largest absolute Gasteiger partial charge is 0.507 e. The third-order valence-corrected chi connectivity index (χ3v) is 5.13. The summed E-state index contributed by atoms with van der Waals surface area (Å²) in [5.74, 6) is 0.420. The van der Waals surface area contributed by atoms with Gasteiger partial charge in [-0.1, -0.05) is 12.1 Å². The zero-order valence-corrected chi connectivity index (χ0v) is 12.2. The molecule has 0 amide bonds. The monoisotopic (exact) mass is 267 g/mol. The Morgan fingerprint density at radius 2 is 2.00 bits per heavy atom. The first-order chi connectivity index (χ1) is 9.58. The van der Waals surface area contributed by atoms with Gasteiger partial charge in [0.2, 0.25) is 0 Å². The third kappa shape index (κ3) is 1.51. The van der Waals surface area contributed by atoms with Crippen LogP contribution < -0.4 is 4.90 Å². The number of phenolic OH excluding ortho intramolecular Hbond substituents is 1. The summed E-state index contributed by atoms with van der Waals surface area (Å²) in [6.45, 7) is 5.88. The van der Waals surface area contributed by atoms with E-state index in [0.29, 0.717) is 5.75 Å². The molecule has 2 aliphatic heterocycles. The second-order valence-electron chi connectivity index (χ2n) is 6.80.